The van der Waals surface area contributed by atoms with Crippen molar-refractivity contribution in [2.24, 2.45) is 5.10 Å². The Bertz CT molecular complexity index is 1050. The average molecular weight is 348 g/mol. The molecule has 0 bridgehead atoms. The van der Waals surface area contributed by atoms with E-state index < -0.39 is 0 Å². The van der Waals surface area contributed by atoms with Gasteiger partial charge < -0.3 is 5.11 Å². The molecule has 0 aliphatic heterocycles. The van der Waals surface area contributed by atoms with Gasteiger partial charge in [-0.2, -0.15) is 5.10 Å². The summed E-state index contributed by atoms with van der Waals surface area (Å²) in [4.78, 5) is 4.68. The molecule has 0 saturated heterocycles. The molecule has 4 rings (SSSR count). The molecule has 122 valence electrons. The second-order valence-corrected chi connectivity index (χ2v) is 6.03. The molecule has 0 amide bonds. The van der Waals surface area contributed by atoms with Gasteiger partial charge in [-0.25, -0.2) is 4.98 Å². The van der Waals surface area contributed by atoms with Gasteiger partial charge in [-0.05, 0) is 30.3 Å². The molecule has 2 N–H and O–H groups in total. The zero-order valence-electron chi connectivity index (χ0n) is 13.1. The van der Waals surface area contributed by atoms with E-state index >= 15 is 0 Å². The van der Waals surface area contributed by atoms with Crippen molar-refractivity contribution in [1.82, 2.24) is 4.98 Å². The van der Waals surface area contributed by atoms with E-state index in [1.807, 2.05) is 48.5 Å². The number of anilines is 1. The van der Waals surface area contributed by atoms with Crippen molar-refractivity contribution in [2.45, 2.75) is 0 Å². The highest BCUT2D eigenvalue weighted by Gasteiger charge is 2.07. The van der Waals surface area contributed by atoms with E-state index in [-0.39, 0.29) is 5.75 Å². The number of rotatable bonds is 3. The maximum atomic E-state index is 9.89. The number of hydrogen-bond acceptors (Lipinski definition) is 4. The molecule has 0 unspecified atom stereocenters. The van der Waals surface area contributed by atoms with Crippen molar-refractivity contribution < 1.29 is 5.11 Å². The Balaban J connectivity index is 1.79. The van der Waals surface area contributed by atoms with E-state index in [2.05, 4.69) is 15.5 Å². The van der Waals surface area contributed by atoms with Gasteiger partial charge in [-0.3, -0.25) is 5.43 Å². The molecule has 0 aliphatic rings. The van der Waals surface area contributed by atoms with Gasteiger partial charge in [0, 0.05) is 21.4 Å². The van der Waals surface area contributed by atoms with Crippen LogP contribution in [0.25, 0.3) is 21.8 Å². The lowest BCUT2D eigenvalue weighted by molar-refractivity contribution is 0.474. The highest BCUT2D eigenvalue weighted by molar-refractivity contribution is 6.30. The molecule has 0 saturated carbocycles. The van der Waals surface area contributed by atoms with Crippen molar-refractivity contribution >= 4 is 45.3 Å². The number of para-hydroxylation sites is 2. The molecule has 25 heavy (non-hydrogen) atoms. The minimum atomic E-state index is 0.124. The first-order chi connectivity index (χ1) is 12.2. The van der Waals surface area contributed by atoms with E-state index in [1.165, 1.54) is 0 Å². The first-order valence-corrected chi connectivity index (χ1v) is 8.15. The average Bonchev–Trinajstić information content (AvgIpc) is 2.64. The largest absolute Gasteiger partial charge is 0.507 e. The Hall–Kier alpha value is -3.11. The number of halogens is 1. The summed E-state index contributed by atoms with van der Waals surface area (Å²) in [7, 11) is 0. The Labute approximate surface area is 149 Å². The van der Waals surface area contributed by atoms with Gasteiger partial charge in [0.25, 0.3) is 0 Å². The zero-order valence-corrected chi connectivity index (χ0v) is 13.9. The molecule has 1 heterocycles. The molecule has 0 aliphatic carbocycles. The van der Waals surface area contributed by atoms with Gasteiger partial charge in [0.05, 0.1) is 22.9 Å². The monoisotopic (exact) mass is 347 g/mol. The Kier molecular flexibility index (Phi) is 3.96. The van der Waals surface area contributed by atoms with Gasteiger partial charge in [0.15, 0.2) is 0 Å². The minimum Gasteiger partial charge on any atom is -0.507 e. The number of aromatic hydroxyl groups is 1. The van der Waals surface area contributed by atoms with Gasteiger partial charge in [0.2, 0.25) is 0 Å². The summed E-state index contributed by atoms with van der Waals surface area (Å²) in [6.07, 6.45) is 1.55. The lowest BCUT2D eigenvalue weighted by atomic mass is 10.1. The number of benzene rings is 3. The number of hydrazone groups is 1. The van der Waals surface area contributed by atoms with Gasteiger partial charge in [-0.15, -0.1) is 0 Å². The molecule has 0 spiro atoms. The number of fused-ring (bicyclic) bond motifs is 2. The number of aromatic nitrogens is 1. The zero-order chi connectivity index (χ0) is 17.2. The summed E-state index contributed by atoms with van der Waals surface area (Å²) in [6.45, 7) is 0. The van der Waals surface area contributed by atoms with Gasteiger partial charge >= 0.3 is 0 Å². The van der Waals surface area contributed by atoms with Crippen LogP contribution in [0, 0.1) is 0 Å². The van der Waals surface area contributed by atoms with Crippen molar-refractivity contribution in [3.05, 3.63) is 77.3 Å². The topological polar surface area (TPSA) is 57.5 Å². The van der Waals surface area contributed by atoms with Crippen molar-refractivity contribution in [3.63, 3.8) is 0 Å². The highest BCUT2D eigenvalue weighted by atomic mass is 35.5. The number of phenols is 1. The molecule has 5 heteroatoms. The van der Waals surface area contributed by atoms with Crippen LogP contribution in [0.2, 0.25) is 5.02 Å². The van der Waals surface area contributed by atoms with E-state index in [9.17, 15) is 5.11 Å². The van der Waals surface area contributed by atoms with Crippen molar-refractivity contribution in [3.8, 4) is 5.75 Å². The van der Waals surface area contributed by atoms with Crippen LogP contribution in [-0.4, -0.2) is 16.3 Å². The summed E-state index contributed by atoms with van der Waals surface area (Å²) in [6, 6.07) is 20.6. The Morgan fingerprint density at radius 3 is 2.24 bits per heavy atom. The van der Waals surface area contributed by atoms with Crippen LogP contribution in [-0.2, 0) is 0 Å². The Morgan fingerprint density at radius 1 is 0.920 bits per heavy atom. The third-order valence-corrected chi connectivity index (χ3v) is 4.19. The lowest BCUT2D eigenvalue weighted by Crippen LogP contribution is -1.95. The number of pyridine rings is 1. The first kappa shape index (κ1) is 15.4. The SMILES string of the molecule is Oc1ccc(Cl)cc1/C=N\Nc1c2ccccc2nc2ccccc12. The highest BCUT2D eigenvalue weighted by Crippen LogP contribution is 2.30. The summed E-state index contributed by atoms with van der Waals surface area (Å²) in [5, 5.41) is 16.7. The molecule has 0 radical (unpaired) electrons. The van der Waals surface area contributed by atoms with Crippen LogP contribution in [0.5, 0.6) is 5.75 Å². The fourth-order valence-corrected chi connectivity index (χ4v) is 2.94. The predicted octanol–water partition coefficient (Wildman–Crippen LogP) is 5.19. The van der Waals surface area contributed by atoms with Crippen LogP contribution >= 0.6 is 11.6 Å². The van der Waals surface area contributed by atoms with Crippen molar-refractivity contribution in [2.75, 3.05) is 5.43 Å². The van der Waals surface area contributed by atoms with E-state index in [0.717, 1.165) is 27.5 Å². The summed E-state index contributed by atoms with van der Waals surface area (Å²) >= 11 is 5.97. The fourth-order valence-electron chi connectivity index (χ4n) is 2.76. The molecule has 0 atom stereocenters. The molecule has 0 fully saturated rings. The number of phenolic OH excluding ortho intramolecular Hbond substituents is 1. The van der Waals surface area contributed by atoms with Crippen LogP contribution in [0.3, 0.4) is 0 Å². The number of hydrogen-bond donors (Lipinski definition) is 2. The smallest absolute Gasteiger partial charge is 0.124 e. The predicted molar refractivity (Wildman–Crippen MR) is 104 cm³/mol. The minimum absolute atomic E-state index is 0.124. The first-order valence-electron chi connectivity index (χ1n) is 7.77. The molecule has 1 aromatic heterocycles. The second kappa shape index (κ2) is 6.42. The normalized spacial score (nSPS) is 11.4. The summed E-state index contributed by atoms with van der Waals surface area (Å²) in [5.74, 6) is 0.124. The van der Waals surface area contributed by atoms with Crippen LogP contribution in [0.1, 0.15) is 5.56 Å². The summed E-state index contributed by atoms with van der Waals surface area (Å²) < 4.78 is 0. The van der Waals surface area contributed by atoms with E-state index in [0.29, 0.717) is 10.6 Å². The summed E-state index contributed by atoms with van der Waals surface area (Å²) in [5.41, 5.74) is 6.31. The van der Waals surface area contributed by atoms with Gasteiger partial charge in [-0.1, -0.05) is 48.0 Å². The van der Waals surface area contributed by atoms with Crippen LogP contribution in [0.15, 0.2) is 71.8 Å². The number of nitrogens with zero attached hydrogens (tertiary/aromatic N) is 2. The third-order valence-electron chi connectivity index (χ3n) is 3.96. The maximum Gasteiger partial charge on any atom is 0.124 e. The molecule has 3 aromatic carbocycles. The quantitative estimate of drug-likeness (QED) is 0.304. The molecular weight excluding hydrogens is 334 g/mol. The van der Waals surface area contributed by atoms with E-state index in [1.54, 1.807) is 24.4 Å². The number of nitrogens with one attached hydrogen (secondary N) is 1. The lowest BCUT2D eigenvalue weighted by Gasteiger charge is -2.10. The fraction of sp³-hybridized carbons (Fsp3) is 0. The van der Waals surface area contributed by atoms with Crippen LogP contribution in [0.4, 0.5) is 5.69 Å². The molecule has 4 aromatic rings. The van der Waals surface area contributed by atoms with E-state index in [4.69, 9.17) is 11.6 Å². The maximum absolute atomic E-state index is 9.89. The molecular formula is C20H14ClN3O. The Morgan fingerprint density at radius 2 is 1.56 bits per heavy atom. The van der Waals surface area contributed by atoms with Crippen molar-refractivity contribution in [1.29, 1.82) is 0 Å². The molecule has 4 nitrogen and oxygen atoms in total. The van der Waals surface area contributed by atoms with Gasteiger partial charge in [0.1, 0.15) is 5.75 Å². The third kappa shape index (κ3) is 2.99. The standard InChI is InChI=1S/C20H14ClN3O/c21-14-9-10-19(25)13(11-14)12-22-24-20-15-5-1-3-7-17(15)23-18-8-4-2-6-16(18)20/h1-12,25H,(H,23,24)/b22-12-. The van der Waals surface area contributed by atoms with Crippen LogP contribution < -0.4 is 5.43 Å². The second-order valence-electron chi connectivity index (χ2n) is 5.59.